The number of pyridine rings is 1. The zero-order valence-electron chi connectivity index (χ0n) is 11.5. The van der Waals surface area contributed by atoms with Crippen LogP contribution in [0.25, 0.3) is 0 Å². The number of ether oxygens (including phenoxy) is 1. The van der Waals surface area contributed by atoms with Crippen LogP contribution in [-0.4, -0.2) is 39.7 Å². The zero-order chi connectivity index (χ0) is 14.8. The lowest BCUT2D eigenvalue weighted by Crippen LogP contribution is -2.40. The molecule has 2 N–H and O–H groups in total. The second kappa shape index (κ2) is 5.69. The van der Waals surface area contributed by atoms with Crippen LogP contribution in [0.1, 0.15) is 41.0 Å². The highest BCUT2D eigenvalue weighted by Crippen LogP contribution is 2.24. The van der Waals surface area contributed by atoms with E-state index in [4.69, 9.17) is 9.94 Å². The number of nitrogens with one attached hydrogen (secondary N) is 1. The van der Waals surface area contributed by atoms with E-state index in [9.17, 15) is 9.59 Å². The molecule has 1 aromatic rings. The van der Waals surface area contributed by atoms with Gasteiger partial charge in [-0.3, -0.25) is 10.0 Å². The van der Waals surface area contributed by atoms with Gasteiger partial charge < -0.3 is 9.64 Å². The Labute approximate surface area is 121 Å². The molecule has 0 radical (unpaired) electrons. The highest BCUT2D eigenvalue weighted by Gasteiger charge is 2.28. The molecule has 3 rings (SSSR count). The highest BCUT2D eigenvalue weighted by molar-refractivity contribution is 5.91. The molecule has 0 unspecified atom stereocenters. The summed E-state index contributed by atoms with van der Waals surface area (Å²) in [4.78, 5) is 29.2. The summed E-state index contributed by atoms with van der Waals surface area (Å²) < 4.78 is 5.39. The monoisotopic (exact) mass is 291 g/mol. The molecule has 21 heavy (non-hydrogen) atoms. The SMILES string of the molecule is O=C(NO)c1ccc2c(n1)CCN(C(=O)OC1CCC1)C2. The second-order valence-electron chi connectivity index (χ2n) is 5.35. The lowest BCUT2D eigenvalue weighted by atomic mass is 9.96. The molecule has 1 aromatic heterocycles. The summed E-state index contributed by atoms with van der Waals surface area (Å²) in [6, 6.07) is 3.29. The van der Waals surface area contributed by atoms with Crippen molar-refractivity contribution < 1.29 is 19.5 Å². The number of carbonyl (C=O) groups is 2. The van der Waals surface area contributed by atoms with E-state index >= 15 is 0 Å². The Kier molecular flexibility index (Phi) is 3.74. The van der Waals surface area contributed by atoms with Crippen LogP contribution in [-0.2, 0) is 17.7 Å². The first-order valence-corrected chi connectivity index (χ1v) is 7.06. The third-order valence-corrected chi connectivity index (χ3v) is 3.96. The molecule has 112 valence electrons. The summed E-state index contributed by atoms with van der Waals surface area (Å²) >= 11 is 0. The van der Waals surface area contributed by atoms with Gasteiger partial charge in [0.05, 0.1) is 6.54 Å². The number of fused-ring (bicyclic) bond motifs is 1. The van der Waals surface area contributed by atoms with Crippen molar-refractivity contribution in [3.63, 3.8) is 0 Å². The molecular weight excluding hydrogens is 274 g/mol. The lowest BCUT2D eigenvalue weighted by Gasteiger charge is -2.32. The molecule has 7 heteroatoms. The van der Waals surface area contributed by atoms with E-state index in [0.29, 0.717) is 19.5 Å². The topological polar surface area (TPSA) is 91.8 Å². The van der Waals surface area contributed by atoms with Gasteiger partial charge in [-0.15, -0.1) is 0 Å². The van der Waals surface area contributed by atoms with E-state index in [1.807, 2.05) is 0 Å². The van der Waals surface area contributed by atoms with Gasteiger partial charge in [-0.05, 0) is 30.9 Å². The fourth-order valence-corrected chi connectivity index (χ4v) is 2.46. The summed E-state index contributed by atoms with van der Waals surface area (Å²) in [5.41, 5.74) is 3.42. The number of rotatable bonds is 2. The third-order valence-electron chi connectivity index (χ3n) is 3.96. The van der Waals surface area contributed by atoms with E-state index in [2.05, 4.69) is 4.98 Å². The minimum absolute atomic E-state index is 0.0765. The molecule has 0 saturated heterocycles. The number of nitrogens with zero attached hydrogens (tertiary/aromatic N) is 2. The van der Waals surface area contributed by atoms with Crippen LogP contribution in [0, 0.1) is 0 Å². The Morgan fingerprint density at radius 2 is 2.19 bits per heavy atom. The van der Waals surface area contributed by atoms with Crippen molar-refractivity contribution in [1.29, 1.82) is 0 Å². The van der Waals surface area contributed by atoms with Gasteiger partial charge in [0, 0.05) is 18.7 Å². The van der Waals surface area contributed by atoms with Crippen molar-refractivity contribution in [3.05, 3.63) is 29.1 Å². The lowest BCUT2D eigenvalue weighted by molar-refractivity contribution is 0.0242. The van der Waals surface area contributed by atoms with Gasteiger partial charge in [0.25, 0.3) is 5.91 Å². The molecule has 1 fully saturated rings. The molecule has 2 heterocycles. The number of hydroxylamine groups is 1. The average molecular weight is 291 g/mol. The van der Waals surface area contributed by atoms with Crippen LogP contribution in [0.4, 0.5) is 4.79 Å². The first-order valence-electron chi connectivity index (χ1n) is 7.06. The Bertz CT molecular complexity index is 571. The summed E-state index contributed by atoms with van der Waals surface area (Å²) in [5.74, 6) is -0.635. The maximum atomic E-state index is 12.0. The van der Waals surface area contributed by atoms with E-state index in [1.54, 1.807) is 16.4 Å². The van der Waals surface area contributed by atoms with Crippen LogP contribution < -0.4 is 5.48 Å². The normalized spacial score (nSPS) is 17.7. The van der Waals surface area contributed by atoms with Gasteiger partial charge in [0.15, 0.2) is 0 Å². The molecule has 0 aromatic carbocycles. The number of hydrogen-bond acceptors (Lipinski definition) is 5. The Balaban J connectivity index is 1.67. The Morgan fingerprint density at radius 3 is 2.86 bits per heavy atom. The molecule has 1 aliphatic heterocycles. The van der Waals surface area contributed by atoms with Gasteiger partial charge in [0.2, 0.25) is 0 Å². The van der Waals surface area contributed by atoms with Crippen LogP contribution in [0.3, 0.4) is 0 Å². The van der Waals surface area contributed by atoms with Gasteiger partial charge >= 0.3 is 6.09 Å². The van der Waals surface area contributed by atoms with Crippen LogP contribution in [0.5, 0.6) is 0 Å². The largest absolute Gasteiger partial charge is 0.446 e. The number of hydrogen-bond donors (Lipinski definition) is 2. The van der Waals surface area contributed by atoms with Crippen LogP contribution in [0.15, 0.2) is 12.1 Å². The fourth-order valence-electron chi connectivity index (χ4n) is 2.46. The smallest absolute Gasteiger partial charge is 0.410 e. The maximum Gasteiger partial charge on any atom is 0.410 e. The molecular formula is C14H17N3O4. The maximum absolute atomic E-state index is 12.0. The third kappa shape index (κ3) is 2.82. The van der Waals surface area contributed by atoms with E-state index in [-0.39, 0.29) is 17.9 Å². The predicted molar refractivity (Wildman–Crippen MR) is 71.7 cm³/mol. The first kappa shape index (κ1) is 13.8. The quantitative estimate of drug-likeness (QED) is 0.632. The Hall–Kier alpha value is -2.15. The van der Waals surface area contributed by atoms with Crippen molar-refractivity contribution in [1.82, 2.24) is 15.4 Å². The van der Waals surface area contributed by atoms with Gasteiger partial charge in [-0.1, -0.05) is 6.07 Å². The van der Waals surface area contributed by atoms with Crippen LogP contribution >= 0.6 is 0 Å². The minimum atomic E-state index is -0.635. The van der Waals surface area contributed by atoms with Crippen molar-refractivity contribution in [2.24, 2.45) is 0 Å². The van der Waals surface area contributed by atoms with Crippen molar-refractivity contribution in [2.75, 3.05) is 6.54 Å². The van der Waals surface area contributed by atoms with Crippen molar-refractivity contribution in [3.8, 4) is 0 Å². The molecule has 0 bridgehead atoms. The van der Waals surface area contributed by atoms with E-state index in [1.165, 1.54) is 6.07 Å². The van der Waals surface area contributed by atoms with Gasteiger partial charge in [-0.2, -0.15) is 0 Å². The molecule has 0 atom stereocenters. The van der Waals surface area contributed by atoms with Crippen molar-refractivity contribution in [2.45, 2.75) is 38.3 Å². The summed E-state index contributed by atoms with van der Waals surface area (Å²) in [7, 11) is 0. The predicted octanol–water partition coefficient (Wildman–Crippen LogP) is 1.25. The molecule has 2 amide bonds. The number of aromatic nitrogens is 1. The number of carbonyl (C=O) groups excluding carboxylic acids is 2. The average Bonchev–Trinajstić information content (AvgIpc) is 2.48. The van der Waals surface area contributed by atoms with Crippen molar-refractivity contribution >= 4 is 12.0 Å². The standard InChI is InChI=1S/C14H17N3O4/c18-13(16-20)12-5-4-9-8-17(7-6-11(9)15-12)14(19)21-10-2-1-3-10/h4-5,10,20H,1-3,6-8H2,(H,16,18). The molecule has 0 spiro atoms. The Morgan fingerprint density at radius 1 is 1.38 bits per heavy atom. The zero-order valence-corrected chi connectivity index (χ0v) is 11.5. The van der Waals surface area contributed by atoms with Crippen LogP contribution in [0.2, 0.25) is 0 Å². The number of amides is 2. The highest BCUT2D eigenvalue weighted by atomic mass is 16.6. The summed E-state index contributed by atoms with van der Waals surface area (Å²) in [6.45, 7) is 0.963. The summed E-state index contributed by atoms with van der Waals surface area (Å²) in [5, 5.41) is 8.61. The summed E-state index contributed by atoms with van der Waals surface area (Å²) in [6.07, 6.45) is 3.41. The molecule has 7 nitrogen and oxygen atoms in total. The fraction of sp³-hybridized carbons (Fsp3) is 0.500. The molecule has 1 aliphatic carbocycles. The van der Waals surface area contributed by atoms with E-state index in [0.717, 1.165) is 30.5 Å². The van der Waals surface area contributed by atoms with E-state index < -0.39 is 5.91 Å². The first-order chi connectivity index (χ1) is 10.2. The van der Waals surface area contributed by atoms with Gasteiger partial charge in [-0.25, -0.2) is 15.3 Å². The minimum Gasteiger partial charge on any atom is -0.446 e. The second-order valence-corrected chi connectivity index (χ2v) is 5.35. The van der Waals surface area contributed by atoms with Gasteiger partial charge in [0.1, 0.15) is 11.8 Å². The molecule has 2 aliphatic rings. The molecule has 1 saturated carbocycles.